The Morgan fingerprint density at radius 2 is 2.05 bits per heavy atom. The molecule has 0 aliphatic heterocycles. The van der Waals surface area contributed by atoms with Gasteiger partial charge < -0.3 is 5.32 Å². The molecule has 1 saturated carbocycles. The number of halogens is 1. The lowest BCUT2D eigenvalue weighted by atomic mass is 9.73. The molecule has 0 radical (unpaired) electrons. The Morgan fingerprint density at radius 1 is 1.32 bits per heavy atom. The summed E-state index contributed by atoms with van der Waals surface area (Å²) in [6.45, 7) is 9.37. The van der Waals surface area contributed by atoms with Gasteiger partial charge in [-0.3, -0.25) is 0 Å². The van der Waals surface area contributed by atoms with Crippen LogP contribution in [0, 0.1) is 17.8 Å². The zero-order chi connectivity index (χ0) is 14.0. The molecule has 1 nitrogen and oxygen atoms in total. The van der Waals surface area contributed by atoms with E-state index in [0.29, 0.717) is 12.1 Å². The van der Waals surface area contributed by atoms with Gasteiger partial charge in [0.15, 0.2) is 0 Å². The lowest BCUT2D eigenvalue weighted by Gasteiger charge is -2.39. The van der Waals surface area contributed by atoms with Crippen LogP contribution in [0.25, 0.3) is 0 Å². The van der Waals surface area contributed by atoms with Gasteiger partial charge in [0.25, 0.3) is 0 Å². The molecule has 1 aromatic heterocycles. The third-order valence-electron chi connectivity index (χ3n) is 4.57. The van der Waals surface area contributed by atoms with E-state index in [1.54, 1.807) is 11.3 Å². The summed E-state index contributed by atoms with van der Waals surface area (Å²) < 4.78 is 0.890. The Kier molecular flexibility index (Phi) is 5.33. The van der Waals surface area contributed by atoms with Crippen molar-refractivity contribution >= 4 is 22.9 Å². The second-order valence-electron chi connectivity index (χ2n) is 6.51. The molecule has 4 atom stereocenters. The molecule has 0 amide bonds. The molecule has 1 aliphatic rings. The van der Waals surface area contributed by atoms with Crippen molar-refractivity contribution in [3.8, 4) is 0 Å². The fourth-order valence-corrected chi connectivity index (χ4v) is 4.35. The summed E-state index contributed by atoms with van der Waals surface area (Å²) in [6, 6.07) is 3.15. The third-order valence-corrected chi connectivity index (χ3v) is 5.68. The van der Waals surface area contributed by atoms with Crippen LogP contribution in [0.2, 0.25) is 4.34 Å². The van der Waals surface area contributed by atoms with E-state index in [0.717, 1.165) is 22.1 Å². The Hall–Kier alpha value is -0.0500. The Bertz CT molecular complexity index is 401. The quantitative estimate of drug-likeness (QED) is 0.772. The molecular formula is C16H26ClNS. The van der Waals surface area contributed by atoms with Gasteiger partial charge in [0.05, 0.1) is 4.34 Å². The summed E-state index contributed by atoms with van der Waals surface area (Å²) in [5.74, 6) is 2.43. The maximum absolute atomic E-state index is 6.04. The van der Waals surface area contributed by atoms with Gasteiger partial charge in [-0.25, -0.2) is 0 Å². The fraction of sp³-hybridized carbons (Fsp3) is 0.750. The van der Waals surface area contributed by atoms with Crippen molar-refractivity contribution < 1.29 is 0 Å². The molecule has 1 aromatic rings. The van der Waals surface area contributed by atoms with Crippen LogP contribution < -0.4 is 5.32 Å². The van der Waals surface area contributed by atoms with Gasteiger partial charge in [-0.2, -0.15) is 0 Å². The van der Waals surface area contributed by atoms with Gasteiger partial charge in [-0.15, -0.1) is 11.3 Å². The number of rotatable bonds is 4. The molecule has 0 saturated heterocycles. The molecule has 1 heterocycles. The highest BCUT2D eigenvalue weighted by atomic mass is 35.5. The summed E-state index contributed by atoms with van der Waals surface area (Å²) in [5, 5.41) is 6.04. The zero-order valence-corrected chi connectivity index (χ0v) is 14.0. The number of nitrogens with one attached hydrogen (secondary N) is 1. The van der Waals surface area contributed by atoms with E-state index >= 15 is 0 Å². The third kappa shape index (κ3) is 3.96. The Morgan fingerprint density at radius 3 is 2.63 bits per heavy atom. The van der Waals surface area contributed by atoms with Crippen LogP contribution in [0.15, 0.2) is 11.4 Å². The summed E-state index contributed by atoms with van der Waals surface area (Å²) in [5.41, 5.74) is 1.33. The molecule has 1 fully saturated rings. The molecule has 1 N–H and O–H groups in total. The minimum atomic E-state index is 0.403. The van der Waals surface area contributed by atoms with Gasteiger partial charge in [0.2, 0.25) is 0 Å². The van der Waals surface area contributed by atoms with E-state index in [-0.39, 0.29) is 0 Å². The SMILES string of the molecule is CC1CCC(C(C)C)C(NC(C)c2csc(Cl)c2)C1. The highest BCUT2D eigenvalue weighted by Crippen LogP contribution is 2.35. The van der Waals surface area contributed by atoms with E-state index < -0.39 is 0 Å². The fourth-order valence-electron chi connectivity index (χ4n) is 3.36. The van der Waals surface area contributed by atoms with Gasteiger partial charge in [-0.1, -0.05) is 38.8 Å². The van der Waals surface area contributed by atoms with Gasteiger partial charge in [0, 0.05) is 12.1 Å². The lowest BCUT2D eigenvalue weighted by Crippen LogP contribution is -2.43. The van der Waals surface area contributed by atoms with Crippen molar-refractivity contribution in [3.63, 3.8) is 0 Å². The monoisotopic (exact) mass is 299 g/mol. The van der Waals surface area contributed by atoms with E-state index in [1.165, 1.54) is 24.8 Å². The molecule has 0 spiro atoms. The first-order chi connectivity index (χ1) is 8.97. The highest BCUT2D eigenvalue weighted by Gasteiger charge is 2.31. The summed E-state index contributed by atoms with van der Waals surface area (Å²) in [7, 11) is 0. The Labute approximate surface area is 126 Å². The average Bonchev–Trinajstić information content (AvgIpc) is 2.75. The largest absolute Gasteiger partial charge is 0.307 e. The second kappa shape index (κ2) is 6.60. The van der Waals surface area contributed by atoms with E-state index in [1.807, 2.05) is 0 Å². The first-order valence-electron chi connectivity index (χ1n) is 7.47. The van der Waals surface area contributed by atoms with Crippen LogP contribution in [0.3, 0.4) is 0 Å². The van der Waals surface area contributed by atoms with Crippen molar-refractivity contribution in [2.75, 3.05) is 0 Å². The van der Waals surface area contributed by atoms with Crippen molar-refractivity contribution in [2.45, 2.75) is 59.0 Å². The predicted molar refractivity (Wildman–Crippen MR) is 86.0 cm³/mol. The maximum Gasteiger partial charge on any atom is 0.0931 e. The molecule has 19 heavy (non-hydrogen) atoms. The zero-order valence-electron chi connectivity index (χ0n) is 12.4. The van der Waals surface area contributed by atoms with Crippen LogP contribution >= 0.6 is 22.9 Å². The topological polar surface area (TPSA) is 12.0 Å². The normalized spacial score (nSPS) is 29.7. The Balaban J connectivity index is 2.02. The van der Waals surface area contributed by atoms with Crippen molar-refractivity contribution in [3.05, 3.63) is 21.3 Å². The van der Waals surface area contributed by atoms with E-state index in [2.05, 4.69) is 44.5 Å². The van der Waals surface area contributed by atoms with Crippen LogP contribution in [-0.4, -0.2) is 6.04 Å². The van der Waals surface area contributed by atoms with Crippen molar-refractivity contribution in [1.29, 1.82) is 0 Å². The van der Waals surface area contributed by atoms with E-state index in [4.69, 9.17) is 11.6 Å². The summed E-state index contributed by atoms with van der Waals surface area (Å²) in [4.78, 5) is 0. The summed E-state index contributed by atoms with van der Waals surface area (Å²) >= 11 is 7.67. The molecule has 1 aliphatic carbocycles. The van der Waals surface area contributed by atoms with Crippen molar-refractivity contribution in [2.24, 2.45) is 17.8 Å². The maximum atomic E-state index is 6.04. The molecule has 108 valence electrons. The van der Waals surface area contributed by atoms with Gasteiger partial charge in [-0.05, 0) is 54.5 Å². The first-order valence-corrected chi connectivity index (χ1v) is 8.73. The first kappa shape index (κ1) is 15.3. The molecule has 2 rings (SSSR count). The molecule has 3 heteroatoms. The van der Waals surface area contributed by atoms with Crippen LogP contribution in [0.5, 0.6) is 0 Å². The molecule has 4 unspecified atom stereocenters. The number of hydrogen-bond donors (Lipinski definition) is 1. The minimum Gasteiger partial charge on any atom is -0.307 e. The highest BCUT2D eigenvalue weighted by molar-refractivity contribution is 7.14. The van der Waals surface area contributed by atoms with Crippen LogP contribution in [0.4, 0.5) is 0 Å². The molecule has 0 bridgehead atoms. The predicted octanol–water partition coefficient (Wildman–Crippen LogP) is 5.51. The van der Waals surface area contributed by atoms with Gasteiger partial charge >= 0.3 is 0 Å². The van der Waals surface area contributed by atoms with Crippen LogP contribution in [-0.2, 0) is 0 Å². The smallest absolute Gasteiger partial charge is 0.0931 e. The second-order valence-corrected chi connectivity index (χ2v) is 8.05. The van der Waals surface area contributed by atoms with Gasteiger partial charge in [0.1, 0.15) is 0 Å². The molecular weight excluding hydrogens is 274 g/mol. The number of hydrogen-bond acceptors (Lipinski definition) is 2. The average molecular weight is 300 g/mol. The standard InChI is InChI=1S/C16H26ClNS/c1-10(2)14-6-5-11(3)7-15(14)18-12(4)13-8-16(17)19-9-13/h8-12,14-15,18H,5-7H2,1-4H3. The summed E-state index contributed by atoms with van der Waals surface area (Å²) in [6.07, 6.45) is 4.07. The molecule has 0 aromatic carbocycles. The number of thiophene rings is 1. The minimum absolute atomic E-state index is 0.403. The lowest BCUT2D eigenvalue weighted by molar-refractivity contribution is 0.161. The van der Waals surface area contributed by atoms with Crippen LogP contribution in [0.1, 0.15) is 58.6 Å². The van der Waals surface area contributed by atoms with Crippen molar-refractivity contribution in [1.82, 2.24) is 5.32 Å². The van der Waals surface area contributed by atoms with E-state index in [9.17, 15) is 0 Å².